The van der Waals surface area contributed by atoms with Gasteiger partial charge in [0, 0.05) is 75.6 Å². The Kier molecular flexibility index (Phi) is 17.3. The maximum absolute atomic E-state index is 5.46. The molecule has 15 aromatic carbocycles. The summed E-state index contributed by atoms with van der Waals surface area (Å²) < 4.78 is 0. The highest BCUT2D eigenvalue weighted by molar-refractivity contribution is 6.23. The zero-order valence-corrected chi connectivity index (χ0v) is 61.1. The summed E-state index contributed by atoms with van der Waals surface area (Å²) in [6, 6.07) is 127. The van der Waals surface area contributed by atoms with E-state index in [0.29, 0.717) is 11.6 Å². The van der Waals surface area contributed by atoms with Crippen LogP contribution in [0.4, 0.5) is 0 Å². The first-order valence-electron chi connectivity index (χ1n) is 38.2. The molecule has 19 aromatic rings. The van der Waals surface area contributed by atoms with Crippen molar-refractivity contribution in [2.24, 2.45) is 5.92 Å². The smallest absolute Gasteiger partial charge is 0.160 e. The lowest BCUT2D eigenvalue weighted by Crippen LogP contribution is -2.18. The number of fused-ring (bicyclic) bond motifs is 8. The number of rotatable bonds is 12. The minimum Gasteiger partial charge on any atom is -0.264 e. The summed E-state index contributed by atoms with van der Waals surface area (Å²) in [5, 5.41) is 12.1. The minimum atomic E-state index is 0.157. The van der Waals surface area contributed by atoms with Crippen LogP contribution in [0.15, 0.2) is 407 Å². The third-order valence-electron chi connectivity index (χ3n) is 22.1. The van der Waals surface area contributed by atoms with E-state index in [1.54, 1.807) is 6.20 Å². The fourth-order valence-corrected chi connectivity index (χ4v) is 17.0. The Morgan fingerprint density at radius 3 is 1.06 bits per heavy atom. The predicted octanol–water partition coefficient (Wildman–Crippen LogP) is 27.2. The molecule has 524 valence electrons. The average Bonchev–Trinajstić information content (AvgIpc) is 0.738. The van der Waals surface area contributed by atoms with Crippen LogP contribution in [0.5, 0.6) is 0 Å². The number of aromatic nitrogens is 6. The molecule has 0 saturated heterocycles. The van der Waals surface area contributed by atoms with Crippen molar-refractivity contribution in [3.63, 3.8) is 0 Å². The van der Waals surface area contributed by atoms with Crippen LogP contribution in [0.3, 0.4) is 0 Å². The quantitative estimate of drug-likeness (QED) is 0.113. The van der Waals surface area contributed by atoms with E-state index in [2.05, 4.69) is 386 Å². The maximum atomic E-state index is 5.46. The highest BCUT2D eigenvalue weighted by atomic mass is 14.9. The highest BCUT2D eigenvalue weighted by Gasteiger charge is 2.32. The molecule has 0 N–H and O–H groups in total. The van der Waals surface area contributed by atoms with Crippen LogP contribution in [0.2, 0.25) is 0 Å². The van der Waals surface area contributed by atoms with Crippen LogP contribution >= 0.6 is 0 Å². The van der Waals surface area contributed by atoms with Crippen LogP contribution in [0.25, 0.3) is 189 Å². The Labute approximate surface area is 650 Å². The van der Waals surface area contributed by atoms with Gasteiger partial charge in [0.2, 0.25) is 0 Å². The molecule has 0 saturated carbocycles. The first-order chi connectivity index (χ1) is 55.5. The topological polar surface area (TPSA) is 77.3 Å². The van der Waals surface area contributed by atoms with Gasteiger partial charge in [-0.05, 0) is 181 Å². The summed E-state index contributed by atoms with van der Waals surface area (Å²) in [6.45, 7) is 0. The van der Waals surface area contributed by atoms with Gasteiger partial charge in [-0.25, -0.2) is 19.9 Å². The van der Waals surface area contributed by atoms with Gasteiger partial charge < -0.3 is 0 Å². The van der Waals surface area contributed by atoms with Crippen LogP contribution in [-0.4, -0.2) is 29.9 Å². The fourth-order valence-electron chi connectivity index (χ4n) is 17.0. The van der Waals surface area contributed by atoms with E-state index in [0.717, 1.165) is 89.4 Å². The van der Waals surface area contributed by atoms with Crippen molar-refractivity contribution in [2.75, 3.05) is 0 Å². The number of nitrogens with zero attached hydrogens (tertiary/aromatic N) is 6. The summed E-state index contributed by atoms with van der Waals surface area (Å²) in [7, 11) is 0. The molecule has 0 fully saturated rings. The number of allylic oxidation sites excluding steroid dienone is 5. The van der Waals surface area contributed by atoms with Crippen LogP contribution in [-0.2, 0) is 0 Å². The SMILES string of the molecule is C1=CC2C(c3cc(-c4cccc(-c5cccnc5)c4)nc(-c4cccc(-c5c6ccccc6c(-c6ccccc6)c6ccccc56)c4)n3)=Cc3ccccc3C2C=C1.c1ccc(-c2c3ccccc3c(-c3cccc(-c4nc(-c5cccc(-c6cccnc6)c5)cc(-c5cccc6ccccc56)n4)c3)c3ccccc23)cc1. The van der Waals surface area contributed by atoms with Crippen molar-refractivity contribution in [1.82, 2.24) is 29.9 Å². The molecule has 4 heterocycles. The van der Waals surface area contributed by atoms with E-state index in [-0.39, 0.29) is 11.8 Å². The lowest BCUT2D eigenvalue weighted by Gasteiger charge is -2.32. The molecular formula is C106H70N6. The third kappa shape index (κ3) is 12.5. The van der Waals surface area contributed by atoms with Gasteiger partial charge in [0.1, 0.15) is 0 Å². The Morgan fingerprint density at radius 1 is 0.223 bits per heavy atom. The van der Waals surface area contributed by atoms with Crippen molar-refractivity contribution in [1.29, 1.82) is 0 Å². The lowest BCUT2D eigenvalue weighted by atomic mass is 9.72. The molecule has 0 amide bonds. The van der Waals surface area contributed by atoms with Gasteiger partial charge >= 0.3 is 0 Å². The molecule has 2 unspecified atom stereocenters. The maximum Gasteiger partial charge on any atom is 0.160 e. The molecule has 0 spiro atoms. The number of pyridine rings is 2. The van der Waals surface area contributed by atoms with Crippen molar-refractivity contribution < 1.29 is 0 Å². The van der Waals surface area contributed by atoms with Crippen LogP contribution in [0.1, 0.15) is 22.7 Å². The van der Waals surface area contributed by atoms with E-state index in [4.69, 9.17) is 19.9 Å². The monoisotopic (exact) mass is 1430 g/mol. The molecule has 6 heteroatoms. The highest BCUT2D eigenvalue weighted by Crippen LogP contribution is 2.49. The summed E-state index contributed by atoms with van der Waals surface area (Å²) in [6.07, 6.45) is 18.8. The van der Waals surface area contributed by atoms with E-state index >= 15 is 0 Å². The first kappa shape index (κ1) is 66.7. The van der Waals surface area contributed by atoms with Gasteiger partial charge in [0.15, 0.2) is 11.6 Å². The first-order valence-corrected chi connectivity index (χ1v) is 38.2. The summed E-state index contributed by atoms with van der Waals surface area (Å²) in [4.78, 5) is 30.2. The minimum absolute atomic E-state index is 0.157. The molecule has 0 aliphatic heterocycles. The summed E-state index contributed by atoms with van der Waals surface area (Å²) in [5.41, 5.74) is 26.3. The molecule has 112 heavy (non-hydrogen) atoms. The molecule has 4 aromatic heterocycles. The van der Waals surface area contributed by atoms with Crippen LogP contribution < -0.4 is 0 Å². The second-order valence-corrected chi connectivity index (χ2v) is 28.7. The van der Waals surface area contributed by atoms with E-state index in [1.165, 1.54) is 98.6 Å². The molecule has 2 aliphatic rings. The normalized spacial score (nSPS) is 13.5. The van der Waals surface area contributed by atoms with Gasteiger partial charge in [-0.1, -0.05) is 334 Å². The summed E-state index contributed by atoms with van der Waals surface area (Å²) in [5.74, 6) is 1.77. The van der Waals surface area contributed by atoms with Gasteiger partial charge in [0.05, 0.1) is 22.8 Å². The fraction of sp³-hybridized carbons (Fsp3) is 0.0189. The Balaban J connectivity index is 0.000000146. The van der Waals surface area contributed by atoms with E-state index < -0.39 is 0 Å². The van der Waals surface area contributed by atoms with Gasteiger partial charge in [0.25, 0.3) is 0 Å². The molecule has 0 bridgehead atoms. The van der Waals surface area contributed by atoms with Gasteiger partial charge in [-0.3, -0.25) is 9.97 Å². The number of hydrogen-bond acceptors (Lipinski definition) is 6. The number of benzene rings is 15. The predicted molar refractivity (Wildman–Crippen MR) is 466 cm³/mol. The second-order valence-electron chi connectivity index (χ2n) is 28.7. The zero-order chi connectivity index (χ0) is 74.3. The zero-order valence-electron chi connectivity index (χ0n) is 61.1. The largest absolute Gasteiger partial charge is 0.264 e. The lowest BCUT2D eigenvalue weighted by molar-refractivity contribution is 0.706. The second kappa shape index (κ2) is 29.1. The van der Waals surface area contributed by atoms with Crippen LogP contribution in [0, 0.1) is 5.92 Å². The molecule has 0 radical (unpaired) electrons. The molecular weight excluding hydrogens is 1360 g/mol. The van der Waals surface area contributed by atoms with Crippen molar-refractivity contribution in [2.45, 2.75) is 5.92 Å². The van der Waals surface area contributed by atoms with Gasteiger partial charge in [-0.2, -0.15) is 0 Å². The van der Waals surface area contributed by atoms with E-state index in [1.807, 2.05) is 30.7 Å². The third-order valence-corrected chi connectivity index (χ3v) is 22.1. The van der Waals surface area contributed by atoms with Crippen molar-refractivity contribution >= 4 is 65.5 Å². The molecule has 2 atom stereocenters. The molecule has 6 nitrogen and oxygen atoms in total. The van der Waals surface area contributed by atoms with Crippen molar-refractivity contribution in [3.05, 3.63) is 424 Å². The number of hydrogen-bond donors (Lipinski definition) is 0. The Bertz CT molecular complexity index is 6830. The summed E-state index contributed by atoms with van der Waals surface area (Å²) >= 11 is 0. The molecule has 2 aliphatic carbocycles. The van der Waals surface area contributed by atoms with Crippen molar-refractivity contribution in [3.8, 4) is 123 Å². The van der Waals surface area contributed by atoms with Gasteiger partial charge in [-0.15, -0.1) is 0 Å². The standard InChI is InChI=1S/C55H37N3.C51H33N3/c1-2-15-36(16-3-1)53-46-26-8-10-28-48(46)54(49-29-11-9-27-47(49)53)40-20-13-21-41(32-40)55-57-51(39-19-12-18-37(31-39)42-22-14-30-56-35-42)34-52(58-55)50-33-38-17-4-5-23-43(38)44-24-6-7-25-45(44)50;1-2-15-35(16-3-1)49-43-24-6-8-26-45(43)50(46-27-9-7-25-44(46)49)38-20-11-21-39(31-38)51-53-47(37-19-10-18-36(30-37)40-22-13-29-52-33-40)32-48(54-51)42-28-12-17-34-14-4-5-23-41(34)42/h1-35,44-45H;1-33H. The molecule has 21 rings (SSSR count). The van der Waals surface area contributed by atoms with E-state index in [9.17, 15) is 0 Å². The average molecular weight is 1430 g/mol. The Morgan fingerprint density at radius 2 is 0.571 bits per heavy atom. The Hall–Kier alpha value is -14.7.